The van der Waals surface area contributed by atoms with E-state index in [2.05, 4.69) is 15.1 Å². The monoisotopic (exact) mass is 392 g/mol. The molecule has 1 fully saturated rings. The van der Waals surface area contributed by atoms with Gasteiger partial charge < -0.3 is 9.42 Å². The minimum absolute atomic E-state index is 0.0453. The average Bonchev–Trinajstić information content (AvgIpc) is 3.40. The summed E-state index contributed by atoms with van der Waals surface area (Å²) in [4.78, 5) is 26.2. The molecule has 0 spiro atoms. The molecule has 2 amide bonds. The van der Waals surface area contributed by atoms with Crippen molar-refractivity contribution in [3.63, 3.8) is 0 Å². The number of urea groups is 1. The van der Waals surface area contributed by atoms with Crippen LogP contribution in [0.3, 0.4) is 0 Å². The van der Waals surface area contributed by atoms with Gasteiger partial charge in [-0.3, -0.25) is 9.47 Å². The Hall–Kier alpha value is -3.16. The molecular formula is C21H24N6O2. The number of nitrogens with zero attached hydrogens (tertiary/aromatic N) is 6. The zero-order valence-electron chi connectivity index (χ0n) is 16.7. The third-order valence-electron chi connectivity index (χ3n) is 5.62. The summed E-state index contributed by atoms with van der Waals surface area (Å²) in [7, 11) is 0. The second kappa shape index (κ2) is 7.02. The highest BCUT2D eigenvalue weighted by atomic mass is 16.5. The highest BCUT2D eigenvalue weighted by Crippen LogP contribution is 2.36. The molecule has 8 nitrogen and oxygen atoms in total. The Morgan fingerprint density at radius 1 is 1.10 bits per heavy atom. The normalized spacial score (nSPS) is 16.1. The first-order valence-electron chi connectivity index (χ1n) is 10.2. The van der Waals surface area contributed by atoms with E-state index in [1.165, 1.54) is 6.42 Å². The van der Waals surface area contributed by atoms with Crippen LogP contribution in [0, 0.1) is 0 Å². The Morgan fingerprint density at radius 3 is 2.59 bits per heavy atom. The van der Waals surface area contributed by atoms with Crippen molar-refractivity contribution in [3.8, 4) is 17.3 Å². The molecule has 8 heteroatoms. The van der Waals surface area contributed by atoms with E-state index in [0.717, 1.165) is 43.0 Å². The van der Waals surface area contributed by atoms with Gasteiger partial charge in [-0.2, -0.15) is 4.98 Å². The number of benzene rings is 1. The van der Waals surface area contributed by atoms with Gasteiger partial charge in [0.15, 0.2) is 11.5 Å². The lowest BCUT2D eigenvalue weighted by atomic mass is 10.1. The van der Waals surface area contributed by atoms with Crippen LogP contribution in [0.5, 0.6) is 0 Å². The van der Waals surface area contributed by atoms with Crippen molar-refractivity contribution in [2.24, 2.45) is 0 Å². The summed E-state index contributed by atoms with van der Waals surface area (Å²) in [6.07, 6.45) is 5.08. The predicted molar refractivity (Wildman–Crippen MR) is 108 cm³/mol. The fourth-order valence-corrected chi connectivity index (χ4v) is 4.03. The van der Waals surface area contributed by atoms with Crippen molar-refractivity contribution in [2.45, 2.75) is 45.6 Å². The molecule has 0 radical (unpaired) electrons. The number of rotatable bonds is 2. The Balaban J connectivity index is 1.56. The number of likely N-dealkylation sites (tertiary alicyclic amines) is 1. The van der Waals surface area contributed by atoms with Crippen LogP contribution in [-0.2, 0) is 6.54 Å². The number of para-hydroxylation sites is 2. The first-order valence-corrected chi connectivity index (χ1v) is 10.2. The molecule has 0 bridgehead atoms. The van der Waals surface area contributed by atoms with Crippen LogP contribution in [0.1, 0.15) is 50.5 Å². The lowest BCUT2D eigenvalue weighted by molar-refractivity contribution is 0.192. The van der Waals surface area contributed by atoms with Crippen LogP contribution in [-0.4, -0.2) is 43.7 Å². The van der Waals surface area contributed by atoms with Crippen molar-refractivity contribution in [3.05, 3.63) is 42.1 Å². The van der Waals surface area contributed by atoms with E-state index < -0.39 is 0 Å². The number of amides is 2. The maximum absolute atomic E-state index is 13.4. The molecule has 29 heavy (non-hydrogen) atoms. The van der Waals surface area contributed by atoms with E-state index in [1.807, 2.05) is 52.5 Å². The number of piperidine rings is 1. The summed E-state index contributed by atoms with van der Waals surface area (Å²) >= 11 is 0. The van der Waals surface area contributed by atoms with Crippen LogP contribution >= 0.6 is 0 Å². The number of carbonyl (C=O) groups is 1. The lowest BCUT2D eigenvalue weighted by Gasteiger charge is -2.36. The quantitative estimate of drug-likeness (QED) is 0.659. The van der Waals surface area contributed by atoms with Gasteiger partial charge in [-0.1, -0.05) is 31.1 Å². The van der Waals surface area contributed by atoms with E-state index >= 15 is 0 Å². The summed E-state index contributed by atoms with van der Waals surface area (Å²) in [5.74, 6) is 1.22. The zero-order valence-corrected chi connectivity index (χ0v) is 16.7. The molecule has 1 saturated heterocycles. The number of aromatic nitrogens is 4. The fourth-order valence-electron chi connectivity index (χ4n) is 4.03. The SMILES string of the molecule is CC(C)c1noc(-c2ncn3c2CN(C(=O)N2CCCCC2)c2ccccc2-3)n1. The van der Waals surface area contributed by atoms with E-state index in [1.54, 1.807) is 6.33 Å². The van der Waals surface area contributed by atoms with Crippen LogP contribution in [0.15, 0.2) is 35.1 Å². The Bertz CT molecular complexity index is 1050. The number of imidazole rings is 1. The van der Waals surface area contributed by atoms with E-state index in [9.17, 15) is 4.79 Å². The summed E-state index contributed by atoms with van der Waals surface area (Å²) in [5.41, 5.74) is 3.35. The standard InChI is InChI=1S/C21H24N6O2/c1-14(2)19-23-20(29-24-19)18-17-12-26(21(28)25-10-6-3-7-11-25)15-8-4-5-9-16(15)27(17)13-22-18/h4-5,8-9,13-14H,3,6-7,10-12H2,1-2H3. The van der Waals surface area contributed by atoms with Crippen molar-refractivity contribution in [2.75, 3.05) is 18.0 Å². The minimum atomic E-state index is 0.0453. The largest absolute Gasteiger partial charge is 0.332 e. The topological polar surface area (TPSA) is 80.3 Å². The molecule has 2 aliphatic rings. The molecule has 2 aromatic heterocycles. The highest BCUT2D eigenvalue weighted by molar-refractivity contribution is 5.95. The second-order valence-corrected chi connectivity index (χ2v) is 7.93. The second-order valence-electron chi connectivity index (χ2n) is 7.93. The van der Waals surface area contributed by atoms with Gasteiger partial charge in [-0.25, -0.2) is 9.78 Å². The average molecular weight is 392 g/mol. The van der Waals surface area contributed by atoms with E-state index in [0.29, 0.717) is 24.0 Å². The van der Waals surface area contributed by atoms with Crippen LogP contribution in [0.4, 0.5) is 10.5 Å². The van der Waals surface area contributed by atoms with Crippen LogP contribution < -0.4 is 4.90 Å². The Kier molecular flexibility index (Phi) is 4.34. The van der Waals surface area contributed by atoms with Gasteiger partial charge in [0.25, 0.3) is 5.89 Å². The van der Waals surface area contributed by atoms with Crippen molar-refractivity contribution in [1.82, 2.24) is 24.6 Å². The molecule has 0 atom stereocenters. The summed E-state index contributed by atoms with van der Waals surface area (Å²) in [6.45, 7) is 6.08. The Labute approximate surface area is 169 Å². The van der Waals surface area contributed by atoms with Gasteiger partial charge in [0, 0.05) is 19.0 Å². The van der Waals surface area contributed by atoms with Gasteiger partial charge in [-0.15, -0.1) is 0 Å². The molecule has 5 rings (SSSR count). The van der Waals surface area contributed by atoms with Crippen molar-refractivity contribution in [1.29, 1.82) is 0 Å². The van der Waals surface area contributed by atoms with Crippen LogP contribution in [0.2, 0.25) is 0 Å². The fraction of sp³-hybridized carbons (Fsp3) is 0.429. The number of carbonyl (C=O) groups excluding carboxylic acids is 1. The van der Waals surface area contributed by atoms with Crippen LogP contribution in [0.25, 0.3) is 17.3 Å². The molecule has 0 aliphatic carbocycles. The molecule has 0 unspecified atom stereocenters. The molecular weight excluding hydrogens is 368 g/mol. The number of hydrogen-bond acceptors (Lipinski definition) is 5. The maximum Gasteiger partial charge on any atom is 0.324 e. The molecule has 1 aromatic carbocycles. The third-order valence-corrected chi connectivity index (χ3v) is 5.62. The number of hydrogen-bond donors (Lipinski definition) is 0. The van der Waals surface area contributed by atoms with Gasteiger partial charge >= 0.3 is 6.03 Å². The Morgan fingerprint density at radius 2 is 1.86 bits per heavy atom. The lowest BCUT2D eigenvalue weighted by Crippen LogP contribution is -2.46. The smallest absolute Gasteiger partial charge is 0.324 e. The zero-order chi connectivity index (χ0) is 20.0. The van der Waals surface area contributed by atoms with Crippen molar-refractivity contribution < 1.29 is 9.32 Å². The minimum Gasteiger partial charge on any atom is -0.332 e. The first kappa shape index (κ1) is 17.9. The summed E-state index contributed by atoms with van der Waals surface area (Å²) in [5, 5.41) is 4.07. The molecule has 150 valence electrons. The van der Waals surface area contributed by atoms with E-state index in [-0.39, 0.29) is 11.9 Å². The van der Waals surface area contributed by atoms with Gasteiger partial charge in [0.2, 0.25) is 0 Å². The summed E-state index contributed by atoms with van der Waals surface area (Å²) < 4.78 is 7.50. The molecule has 0 N–H and O–H groups in total. The van der Waals surface area contributed by atoms with Gasteiger partial charge in [0.1, 0.15) is 6.33 Å². The molecule has 4 heterocycles. The number of anilines is 1. The highest BCUT2D eigenvalue weighted by Gasteiger charge is 2.33. The van der Waals surface area contributed by atoms with Crippen molar-refractivity contribution >= 4 is 11.7 Å². The molecule has 0 saturated carbocycles. The van der Waals surface area contributed by atoms with E-state index in [4.69, 9.17) is 4.52 Å². The molecule has 3 aromatic rings. The first-order chi connectivity index (χ1) is 14.1. The third kappa shape index (κ3) is 2.99. The maximum atomic E-state index is 13.4. The molecule has 2 aliphatic heterocycles. The predicted octanol–water partition coefficient (Wildman–Crippen LogP) is 3.97. The van der Waals surface area contributed by atoms with Gasteiger partial charge in [0.05, 0.1) is 23.6 Å². The summed E-state index contributed by atoms with van der Waals surface area (Å²) in [6, 6.07) is 7.98. The van der Waals surface area contributed by atoms with Gasteiger partial charge in [-0.05, 0) is 31.4 Å². The number of fused-ring (bicyclic) bond motifs is 3.